The van der Waals surface area contributed by atoms with Crippen LogP contribution in [-0.2, 0) is 12.6 Å². The number of ether oxygens (including phenoxy) is 2. The van der Waals surface area contributed by atoms with Crippen molar-refractivity contribution in [2.45, 2.75) is 19.0 Å². The van der Waals surface area contributed by atoms with E-state index in [1.165, 1.54) is 6.07 Å². The summed E-state index contributed by atoms with van der Waals surface area (Å²) in [4.78, 5) is 2.99. The van der Waals surface area contributed by atoms with Crippen molar-refractivity contribution < 1.29 is 35.8 Å². The van der Waals surface area contributed by atoms with Crippen LogP contribution in [0.4, 0.5) is 26.3 Å². The summed E-state index contributed by atoms with van der Waals surface area (Å²) < 4.78 is 82.1. The molecule has 0 spiro atoms. The number of nitrogens with zero attached hydrogens (tertiary/aromatic N) is 2. The summed E-state index contributed by atoms with van der Waals surface area (Å²) >= 11 is 0. The average Bonchev–Trinajstić information content (AvgIpc) is 2.27. The smallest absolute Gasteiger partial charge is 0.495 e. The minimum Gasteiger partial charge on any atom is -0.495 e. The summed E-state index contributed by atoms with van der Waals surface area (Å²) in [6.45, 7) is 0. The first-order chi connectivity index (χ1) is 9.08. The molecule has 0 aromatic carbocycles. The summed E-state index contributed by atoms with van der Waals surface area (Å²) in [7, 11) is 1.02. The second-order valence-electron chi connectivity index (χ2n) is 3.36. The van der Waals surface area contributed by atoms with Crippen LogP contribution in [-0.4, -0.2) is 18.5 Å². The zero-order valence-electron chi connectivity index (χ0n) is 9.76. The van der Waals surface area contributed by atoms with Crippen molar-refractivity contribution in [1.82, 2.24) is 4.98 Å². The zero-order chi connectivity index (χ0) is 15.6. The monoisotopic (exact) mass is 300 g/mol. The summed E-state index contributed by atoms with van der Waals surface area (Å²) in [6, 6.07) is 1.93. The van der Waals surface area contributed by atoms with E-state index in [0.717, 1.165) is 7.11 Å². The number of hydrogen-bond donors (Lipinski definition) is 0. The molecule has 0 aliphatic heterocycles. The molecule has 0 amide bonds. The van der Waals surface area contributed by atoms with Gasteiger partial charge in [0.25, 0.3) is 0 Å². The molecule has 0 radical (unpaired) electrons. The molecule has 0 saturated heterocycles. The van der Waals surface area contributed by atoms with Crippen molar-refractivity contribution in [1.29, 1.82) is 5.26 Å². The fraction of sp³-hybridized carbons (Fsp3) is 0.400. The van der Waals surface area contributed by atoms with Gasteiger partial charge in [-0.15, -0.1) is 13.2 Å². The molecule has 1 heterocycles. The van der Waals surface area contributed by atoms with E-state index in [1.807, 2.05) is 0 Å². The number of nitriles is 1. The van der Waals surface area contributed by atoms with Gasteiger partial charge in [0.2, 0.25) is 0 Å². The molecule has 0 aliphatic rings. The first-order valence-electron chi connectivity index (χ1n) is 4.86. The molecular formula is C10H6F6N2O2. The average molecular weight is 300 g/mol. The third-order valence-corrected chi connectivity index (χ3v) is 1.99. The minimum absolute atomic E-state index is 0.399. The Hall–Kier alpha value is -2.18. The van der Waals surface area contributed by atoms with Crippen molar-refractivity contribution >= 4 is 0 Å². The summed E-state index contributed by atoms with van der Waals surface area (Å²) in [5, 5.41) is 8.45. The summed E-state index contributed by atoms with van der Waals surface area (Å²) in [6.07, 6.45) is -11.0. The predicted molar refractivity (Wildman–Crippen MR) is 51.8 cm³/mol. The van der Waals surface area contributed by atoms with Crippen LogP contribution in [0.25, 0.3) is 0 Å². The number of aromatic nitrogens is 1. The lowest BCUT2D eigenvalue weighted by molar-refractivity contribution is -0.276. The first kappa shape index (κ1) is 15.9. The largest absolute Gasteiger partial charge is 0.573 e. The van der Waals surface area contributed by atoms with E-state index in [0.29, 0.717) is 6.07 Å². The second-order valence-corrected chi connectivity index (χ2v) is 3.36. The Morgan fingerprint density at radius 2 is 1.80 bits per heavy atom. The Labute approximate surface area is 108 Å². The molecular weight excluding hydrogens is 294 g/mol. The van der Waals surface area contributed by atoms with Crippen molar-refractivity contribution in [2.75, 3.05) is 7.11 Å². The van der Waals surface area contributed by atoms with E-state index in [9.17, 15) is 26.3 Å². The Morgan fingerprint density at radius 3 is 2.20 bits per heavy atom. The highest BCUT2D eigenvalue weighted by Crippen LogP contribution is 2.39. The fourth-order valence-corrected chi connectivity index (χ4v) is 1.30. The maximum atomic E-state index is 12.6. The minimum atomic E-state index is -5.32. The number of halogens is 6. The lowest BCUT2D eigenvalue weighted by Crippen LogP contribution is -2.21. The Morgan fingerprint density at radius 1 is 1.20 bits per heavy atom. The molecule has 4 nitrogen and oxygen atoms in total. The Balaban J connectivity index is 3.44. The van der Waals surface area contributed by atoms with Crippen molar-refractivity contribution in [3.05, 3.63) is 17.5 Å². The molecule has 0 aliphatic carbocycles. The third-order valence-electron chi connectivity index (χ3n) is 1.99. The molecule has 0 unspecified atom stereocenters. The van der Waals surface area contributed by atoms with Gasteiger partial charge in [0.1, 0.15) is 5.75 Å². The SMILES string of the molecule is COc1cc(OC(F)(F)F)c(C(F)(F)F)nc1CC#N. The second kappa shape index (κ2) is 5.44. The quantitative estimate of drug-likeness (QED) is 0.805. The van der Waals surface area contributed by atoms with Crippen LogP contribution in [0.2, 0.25) is 0 Å². The van der Waals surface area contributed by atoms with Crippen LogP contribution in [0.3, 0.4) is 0 Å². The topological polar surface area (TPSA) is 55.1 Å². The molecule has 20 heavy (non-hydrogen) atoms. The van der Waals surface area contributed by atoms with Gasteiger partial charge in [0, 0.05) is 6.07 Å². The maximum absolute atomic E-state index is 12.6. The zero-order valence-corrected chi connectivity index (χ0v) is 9.76. The molecule has 0 bridgehead atoms. The van der Waals surface area contributed by atoms with Gasteiger partial charge in [0.05, 0.1) is 25.3 Å². The number of methoxy groups -OCH3 is 1. The molecule has 110 valence electrons. The van der Waals surface area contributed by atoms with Crippen LogP contribution in [0.1, 0.15) is 11.4 Å². The van der Waals surface area contributed by atoms with E-state index in [4.69, 9.17) is 5.26 Å². The molecule has 1 aromatic rings. The number of rotatable bonds is 3. The standard InChI is InChI=1S/C10H6F6N2O2/c1-19-6-4-7(20-10(14,15)16)8(9(11,12)13)18-5(6)2-3-17/h4H,2H2,1H3. The summed E-state index contributed by atoms with van der Waals surface area (Å²) in [5.74, 6) is -1.94. The first-order valence-corrected chi connectivity index (χ1v) is 4.86. The lowest BCUT2D eigenvalue weighted by atomic mass is 10.2. The molecule has 0 N–H and O–H groups in total. The predicted octanol–water partition coefficient (Wildman–Crippen LogP) is 3.07. The van der Waals surface area contributed by atoms with Gasteiger partial charge < -0.3 is 9.47 Å². The maximum Gasteiger partial charge on any atom is 0.573 e. The number of hydrogen-bond acceptors (Lipinski definition) is 4. The van der Waals surface area contributed by atoms with E-state index in [2.05, 4.69) is 14.5 Å². The van der Waals surface area contributed by atoms with E-state index >= 15 is 0 Å². The van der Waals surface area contributed by atoms with Gasteiger partial charge >= 0.3 is 12.5 Å². The Bertz CT molecular complexity index is 532. The highest BCUT2D eigenvalue weighted by molar-refractivity contribution is 5.42. The van der Waals surface area contributed by atoms with Gasteiger partial charge in [-0.2, -0.15) is 18.4 Å². The lowest BCUT2D eigenvalue weighted by Gasteiger charge is -2.16. The molecule has 10 heteroatoms. The van der Waals surface area contributed by atoms with Gasteiger partial charge in [0.15, 0.2) is 11.4 Å². The van der Waals surface area contributed by atoms with E-state index in [1.54, 1.807) is 0 Å². The van der Waals surface area contributed by atoms with Crippen LogP contribution in [0.15, 0.2) is 6.07 Å². The summed E-state index contributed by atoms with van der Waals surface area (Å²) in [5.41, 5.74) is -2.31. The van der Waals surface area contributed by atoms with E-state index in [-0.39, 0.29) is 0 Å². The van der Waals surface area contributed by atoms with Gasteiger partial charge in [-0.1, -0.05) is 0 Å². The van der Waals surface area contributed by atoms with Crippen molar-refractivity contribution in [2.24, 2.45) is 0 Å². The Kier molecular flexibility index (Phi) is 4.32. The molecule has 0 fully saturated rings. The molecule has 0 saturated carbocycles. The normalized spacial score (nSPS) is 11.9. The van der Waals surface area contributed by atoms with Crippen molar-refractivity contribution in [3.8, 4) is 17.6 Å². The number of alkyl halides is 6. The molecule has 1 aromatic heterocycles. The molecule has 1 rings (SSSR count). The van der Waals surface area contributed by atoms with Crippen LogP contribution >= 0.6 is 0 Å². The highest BCUT2D eigenvalue weighted by atomic mass is 19.4. The highest BCUT2D eigenvalue weighted by Gasteiger charge is 2.41. The van der Waals surface area contributed by atoms with Crippen LogP contribution in [0, 0.1) is 11.3 Å². The molecule has 0 atom stereocenters. The van der Waals surface area contributed by atoms with E-state index < -0.39 is 41.8 Å². The number of pyridine rings is 1. The van der Waals surface area contributed by atoms with Gasteiger partial charge in [-0.3, -0.25) is 0 Å². The van der Waals surface area contributed by atoms with Crippen LogP contribution < -0.4 is 9.47 Å². The van der Waals surface area contributed by atoms with Crippen molar-refractivity contribution in [3.63, 3.8) is 0 Å². The van der Waals surface area contributed by atoms with Gasteiger partial charge in [-0.05, 0) is 0 Å². The third kappa shape index (κ3) is 3.91. The van der Waals surface area contributed by atoms with Gasteiger partial charge in [-0.25, -0.2) is 4.98 Å². The fourth-order valence-electron chi connectivity index (χ4n) is 1.30. The van der Waals surface area contributed by atoms with Crippen LogP contribution in [0.5, 0.6) is 11.5 Å².